The summed E-state index contributed by atoms with van der Waals surface area (Å²) in [6.45, 7) is 13.0. The van der Waals surface area contributed by atoms with Gasteiger partial charge < -0.3 is 35.7 Å². The molecule has 21 heteroatoms. The maximum Gasteiger partial charge on any atom is 0.319 e. The van der Waals surface area contributed by atoms with Crippen LogP contribution in [0.5, 0.6) is 5.75 Å². The summed E-state index contributed by atoms with van der Waals surface area (Å²) in [6, 6.07) is 13.1. The monoisotopic (exact) mass is 1060 g/mol. The molecule has 0 saturated heterocycles. The van der Waals surface area contributed by atoms with E-state index in [9.17, 15) is 43.7 Å². The largest absolute Gasteiger partial charge is 0.495 e. The number of carbonyl (C=O) groups is 1. The highest BCUT2D eigenvalue weighted by molar-refractivity contribution is 7.86. The lowest BCUT2D eigenvalue weighted by Crippen LogP contribution is -2.39. The van der Waals surface area contributed by atoms with Crippen molar-refractivity contribution in [3.05, 3.63) is 106 Å². The second kappa shape index (κ2) is 20.8. The van der Waals surface area contributed by atoms with E-state index in [-0.39, 0.29) is 56.5 Å². The van der Waals surface area contributed by atoms with Crippen LogP contribution in [0.1, 0.15) is 92.0 Å². The van der Waals surface area contributed by atoms with Crippen molar-refractivity contribution in [2.45, 2.75) is 126 Å². The van der Waals surface area contributed by atoms with Gasteiger partial charge in [-0.25, -0.2) is 9.79 Å². The highest BCUT2D eigenvalue weighted by atomic mass is 32.2. The van der Waals surface area contributed by atoms with Gasteiger partial charge in [-0.1, -0.05) is 69.4 Å². The first-order valence-corrected chi connectivity index (χ1v) is 28.3. The van der Waals surface area contributed by atoms with Crippen molar-refractivity contribution < 1.29 is 52.9 Å². The lowest BCUT2D eigenvalue weighted by molar-refractivity contribution is 0.244. The summed E-state index contributed by atoms with van der Waals surface area (Å²) in [5.74, 6) is 0.855. The van der Waals surface area contributed by atoms with E-state index in [2.05, 4.69) is 33.2 Å². The van der Waals surface area contributed by atoms with Crippen molar-refractivity contribution in [3.8, 4) is 28.2 Å². The van der Waals surface area contributed by atoms with E-state index in [1.807, 2.05) is 6.92 Å². The quantitative estimate of drug-likeness (QED) is 0.0372. The smallest absolute Gasteiger partial charge is 0.319 e. The molecule has 1 heterocycles. The Bertz CT molecular complexity index is 3580. The van der Waals surface area contributed by atoms with Crippen LogP contribution in [0.15, 0.2) is 97.2 Å². The number of fused-ring (bicyclic) bond motifs is 2. The van der Waals surface area contributed by atoms with Gasteiger partial charge in [-0.15, -0.1) is 0 Å². The summed E-state index contributed by atoms with van der Waals surface area (Å²) < 4.78 is 125. The Kier molecular flexibility index (Phi) is 15.0. The Morgan fingerprint density at radius 3 is 1.88 bits per heavy atom. The van der Waals surface area contributed by atoms with Crippen molar-refractivity contribution in [3.63, 3.8) is 0 Å². The highest BCUT2D eigenvalue weighted by Crippen LogP contribution is 2.46. The third-order valence-electron chi connectivity index (χ3n) is 13.7. The van der Waals surface area contributed by atoms with Gasteiger partial charge in [0.1, 0.15) is 31.8 Å². The van der Waals surface area contributed by atoms with Crippen LogP contribution in [0.2, 0.25) is 0 Å². The molecule has 4 aromatic carbocycles. The summed E-state index contributed by atoms with van der Waals surface area (Å²) >= 11 is 0. The maximum absolute atomic E-state index is 13.5. The van der Waals surface area contributed by atoms with Gasteiger partial charge >= 0.3 is 6.03 Å². The van der Waals surface area contributed by atoms with Crippen LogP contribution in [0.25, 0.3) is 33.4 Å². The number of aryl methyl sites for hydroxylation is 3. The van der Waals surface area contributed by atoms with E-state index in [1.165, 1.54) is 43.9 Å². The number of nitrogens with one attached hydrogen (secondary N) is 5. The first kappa shape index (κ1) is 52.8. The van der Waals surface area contributed by atoms with Crippen molar-refractivity contribution in [2.75, 3.05) is 23.1 Å². The van der Waals surface area contributed by atoms with Crippen LogP contribution in [0.4, 0.5) is 33.2 Å². The molecule has 0 radical (unpaired) electrons. The van der Waals surface area contributed by atoms with Gasteiger partial charge in [0, 0.05) is 57.5 Å². The topological polar surface area (TPSA) is 275 Å². The molecule has 8 rings (SSSR count). The number of hydrogen-bond donors (Lipinski definition) is 8. The van der Waals surface area contributed by atoms with E-state index < -0.39 is 51.1 Å². The molecule has 2 amide bonds. The number of amides is 2. The number of benzene rings is 5. The zero-order valence-electron chi connectivity index (χ0n) is 41.4. The molecule has 18 nitrogen and oxygen atoms in total. The Labute approximate surface area is 425 Å². The fraction of sp³-hybridized carbons (Fsp3) is 0.346. The molecule has 2 saturated carbocycles. The van der Waals surface area contributed by atoms with Crippen LogP contribution in [-0.2, 0) is 30.4 Å². The molecule has 0 unspecified atom stereocenters. The molecular weight excluding hydrogens is 997 g/mol. The van der Waals surface area contributed by atoms with Gasteiger partial charge in [-0.3, -0.25) is 13.7 Å². The zero-order valence-corrected chi connectivity index (χ0v) is 43.8. The Hall–Kier alpha value is -6.49. The maximum atomic E-state index is 13.5. The molecule has 0 aromatic heterocycles. The number of carbonyl (C=O) groups excluding carboxylic acids is 1. The first-order valence-electron chi connectivity index (χ1n) is 23.9. The number of urea groups is 1. The molecule has 4 aliphatic rings. The highest BCUT2D eigenvalue weighted by Gasteiger charge is 2.30. The second-order valence-corrected chi connectivity index (χ2v) is 23.1. The van der Waals surface area contributed by atoms with Gasteiger partial charge in [0.15, 0.2) is 0 Å². The van der Waals surface area contributed by atoms with E-state index >= 15 is 0 Å². The van der Waals surface area contributed by atoms with Gasteiger partial charge in [0.2, 0.25) is 0 Å². The number of hydrogen-bond acceptors (Lipinski definition) is 13. The van der Waals surface area contributed by atoms with E-state index in [0.29, 0.717) is 56.6 Å². The second-order valence-electron chi connectivity index (χ2n) is 18.9. The molecule has 0 bridgehead atoms. The average molecular weight is 1060 g/mol. The molecule has 3 aliphatic carbocycles. The summed E-state index contributed by atoms with van der Waals surface area (Å²) in [7, 11) is -13.8. The average Bonchev–Trinajstić information content (AvgIpc) is 3.32. The lowest BCUT2D eigenvalue weighted by Gasteiger charge is -2.26. The van der Waals surface area contributed by atoms with E-state index in [4.69, 9.17) is 14.1 Å². The van der Waals surface area contributed by atoms with Crippen molar-refractivity contribution >= 4 is 75.8 Å². The van der Waals surface area contributed by atoms with Gasteiger partial charge in [-0.2, -0.15) is 25.3 Å². The Morgan fingerprint density at radius 1 is 0.658 bits per heavy atom. The van der Waals surface area contributed by atoms with E-state index in [0.717, 1.165) is 81.5 Å². The molecule has 73 heavy (non-hydrogen) atoms. The summed E-state index contributed by atoms with van der Waals surface area (Å²) in [6.07, 6.45) is 10.2. The molecule has 8 N–H and O–H groups in total. The zero-order chi connectivity index (χ0) is 52.7. The fourth-order valence-electron chi connectivity index (χ4n) is 10.2. The fourth-order valence-corrected chi connectivity index (χ4v) is 12.2. The first-order chi connectivity index (χ1) is 34.4. The van der Waals surface area contributed by atoms with Crippen LogP contribution in [-0.4, -0.2) is 64.1 Å². The summed E-state index contributed by atoms with van der Waals surface area (Å²) in [5.41, 5.74) is 3.82. The molecule has 0 spiro atoms. The van der Waals surface area contributed by atoms with Crippen molar-refractivity contribution in [2.24, 2.45) is 4.99 Å². The van der Waals surface area contributed by atoms with Crippen LogP contribution in [0.3, 0.4) is 0 Å². The van der Waals surface area contributed by atoms with E-state index in [1.54, 1.807) is 39.8 Å². The third-order valence-corrected chi connectivity index (χ3v) is 16.4. The lowest BCUT2D eigenvalue weighted by atomic mass is 9.93. The molecular formula is C52H60N6O12S3. The standard InChI is InChI=1S/C52H60N6O12S3/c1-28-22-29(2)50(58-52(59)55-35-18-12-9-13-19-35)31(4)48(28)56-39-26-41-37(24-45(39)72(63,64)65)47(36-20-14-15-21-44(36)71(60,61)62)38-25-46(73(66,67)68)40(27-42(38)70-41)57-49-30(3)23-43(69-7)51(32(49)5)54-33(6)53-34-16-10-8-11-17-34/h14-15,20-27,34-35,53-54,56H,6,8-13,16-19H2,1-5,7H3,(H2,55,58,59)(H,60,61,62)(H,63,64,65)(H,66,67,68)/b57-40-. The molecule has 0 atom stereocenters. The molecule has 388 valence electrons. The number of methoxy groups -OCH3 is 1. The Morgan fingerprint density at radius 2 is 1.26 bits per heavy atom. The minimum Gasteiger partial charge on any atom is -0.495 e. The predicted octanol–water partition coefficient (Wildman–Crippen LogP) is 10.7. The number of nitrogens with zero attached hydrogens (tertiary/aromatic N) is 1. The SMILES string of the molecule is C=C(Nc1c(OC)cc(C)c(/N=c2/cc3oc4cc(Nc5c(C)cc(C)c(NC(=O)NC6CCCCC6)c5C)c(S(=O)(=O)O)cc4c(-c4ccccc4S(=O)(=O)O)c-3cc2S(=O)(=O)O)c1C)NC1CCCCC1. The minimum atomic E-state index is -5.17. The van der Waals surface area contributed by atoms with Crippen LogP contribution in [0, 0.1) is 34.6 Å². The minimum absolute atomic E-state index is 0.0239. The van der Waals surface area contributed by atoms with Crippen molar-refractivity contribution in [1.82, 2.24) is 10.6 Å². The number of rotatable bonds is 14. The van der Waals surface area contributed by atoms with Gasteiger partial charge in [0.05, 0.1) is 41.0 Å². The number of ether oxygens (including phenoxy) is 1. The Balaban J connectivity index is 1.36. The van der Waals surface area contributed by atoms with Gasteiger partial charge in [-0.05, 0) is 107 Å². The third kappa shape index (κ3) is 11.4. The summed E-state index contributed by atoms with van der Waals surface area (Å²) in [5, 5.41) is 15.5. The molecule has 1 aliphatic heterocycles. The van der Waals surface area contributed by atoms with Gasteiger partial charge in [0.25, 0.3) is 30.4 Å². The van der Waals surface area contributed by atoms with Crippen LogP contribution < -0.4 is 36.7 Å². The normalized spacial score (nSPS) is 15.3. The molecule has 4 aromatic rings. The van der Waals surface area contributed by atoms with Crippen LogP contribution >= 0.6 is 0 Å². The predicted molar refractivity (Wildman–Crippen MR) is 281 cm³/mol. The van der Waals surface area contributed by atoms with Crippen molar-refractivity contribution in [1.29, 1.82) is 0 Å². The number of anilines is 4. The summed E-state index contributed by atoms with van der Waals surface area (Å²) in [4.78, 5) is 16.1. The molecule has 2 fully saturated rings.